The molecule has 21 heavy (non-hydrogen) atoms. The molecule has 0 aliphatic carbocycles. The van der Waals surface area contributed by atoms with Crippen molar-refractivity contribution in [1.82, 2.24) is 19.8 Å². The van der Waals surface area contributed by atoms with Gasteiger partial charge in [0.15, 0.2) is 0 Å². The lowest BCUT2D eigenvalue weighted by atomic mass is 9.97. The lowest BCUT2D eigenvalue weighted by molar-refractivity contribution is 0.172. The van der Waals surface area contributed by atoms with E-state index in [1.807, 2.05) is 13.0 Å². The van der Waals surface area contributed by atoms with E-state index in [0.717, 1.165) is 42.9 Å². The van der Waals surface area contributed by atoms with Crippen molar-refractivity contribution in [2.45, 2.75) is 33.2 Å². The van der Waals surface area contributed by atoms with E-state index in [1.54, 1.807) is 0 Å². The molecule has 0 unspecified atom stereocenters. The Labute approximate surface area is 128 Å². The molecule has 1 aromatic heterocycles. The zero-order chi connectivity index (χ0) is 15.2. The van der Waals surface area contributed by atoms with Crippen LogP contribution in [0.3, 0.4) is 0 Å². The van der Waals surface area contributed by atoms with Gasteiger partial charge in [0.05, 0.1) is 6.54 Å². The van der Waals surface area contributed by atoms with Crippen molar-refractivity contribution in [2.75, 3.05) is 45.6 Å². The van der Waals surface area contributed by atoms with Crippen LogP contribution in [0.1, 0.15) is 31.3 Å². The Morgan fingerprint density at radius 3 is 2.71 bits per heavy atom. The summed E-state index contributed by atoms with van der Waals surface area (Å²) >= 11 is 0. The highest BCUT2D eigenvalue weighted by Gasteiger charge is 2.18. The van der Waals surface area contributed by atoms with Gasteiger partial charge in [-0.1, -0.05) is 0 Å². The molecular weight excluding hydrogens is 262 g/mol. The van der Waals surface area contributed by atoms with Crippen LogP contribution < -0.4 is 5.32 Å². The number of aromatic nitrogens is 2. The Bertz CT molecular complexity index is 440. The third-order valence-electron chi connectivity index (χ3n) is 4.08. The maximum absolute atomic E-state index is 4.60. The molecule has 1 fully saturated rings. The quantitative estimate of drug-likeness (QED) is 0.868. The summed E-state index contributed by atoms with van der Waals surface area (Å²) in [4.78, 5) is 13.9. The molecule has 2 rings (SSSR count). The summed E-state index contributed by atoms with van der Waals surface area (Å²) in [6, 6.07) is 2.00. The van der Waals surface area contributed by atoms with E-state index >= 15 is 0 Å². The summed E-state index contributed by atoms with van der Waals surface area (Å²) in [7, 11) is 4.39. The summed E-state index contributed by atoms with van der Waals surface area (Å²) < 4.78 is 0. The average Bonchev–Trinajstić information content (AvgIpc) is 2.41. The molecule has 0 amide bonds. The van der Waals surface area contributed by atoms with Gasteiger partial charge in [0.25, 0.3) is 0 Å². The van der Waals surface area contributed by atoms with Crippen molar-refractivity contribution in [2.24, 2.45) is 5.92 Å². The molecule has 1 aliphatic heterocycles. The number of rotatable bonds is 6. The first kappa shape index (κ1) is 16.2. The Kier molecular flexibility index (Phi) is 5.94. The summed E-state index contributed by atoms with van der Waals surface area (Å²) in [6.45, 7) is 9.43. The topological polar surface area (TPSA) is 44.3 Å². The molecule has 1 aromatic rings. The number of anilines is 1. The van der Waals surface area contributed by atoms with Crippen molar-refractivity contribution in [3.8, 4) is 0 Å². The van der Waals surface area contributed by atoms with Crippen molar-refractivity contribution >= 4 is 5.82 Å². The highest BCUT2D eigenvalue weighted by Crippen LogP contribution is 2.17. The van der Waals surface area contributed by atoms with Crippen molar-refractivity contribution in [3.05, 3.63) is 17.6 Å². The third-order valence-corrected chi connectivity index (χ3v) is 4.08. The second-order valence-corrected chi connectivity index (χ2v) is 6.28. The molecule has 1 aliphatic rings. The number of aryl methyl sites for hydroxylation is 1. The van der Waals surface area contributed by atoms with Gasteiger partial charge in [-0.25, -0.2) is 9.97 Å². The van der Waals surface area contributed by atoms with Crippen LogP contribution in [0, 0.1) is 12.8 Å². The Morgan fingerprint density at radius 1 is 1.33 bits per heavy atom. The fraction of sp³-hybridized carbons (Fsp3) is 0.750. The van der Waals surface area contributed by atoms with E-state index in [2.05, 4.69) is 46.1 Å². The summed E-state index contributed by atoms with van der Waals surface area (Å²) in [5.74, 6) is 2.67. The van der Waals surface area contributed by atoms with Crippen molar-refractivity contribution < 1.29 is 0 Å². The van der Waals surface area contributed by atoms with Crippen molar-refractivity contribution in [1.29, 1.82) is 0 Å². The monoisotopic (exact) mass is 291 g/mol. The highest BCUT2D eigenvalue weighted by atomic mass is 15.1. The number of nitrogens with one attached hydrogen (secondary N) is 1. The zero-order valence-electron chi connectivity index (χ0n) is 13.9. The normalized spacial score (nSPS) is 17.4. The molecule has 0 atom stereocenters. The van der Waals surface area contributed by atoms with E-state index in [4.69, 9.17) is 0 Å². The van der Waals surface area contributed by atoms with Gasteiger partial charge in [-0.15, -0.1) is 0 Å². The number of nitrogens with zero attached hydrogens (tertiary/aromatic N) is 4. The molecule has 1 N–H and O–H groups in total. The zero-order valence-corrected chi connectivity index (χ0v) is 13.9. The second kappa shape index (κ2) is 7.71. The van der Waals surface area contributed by atoms with Crippen LogP contribution >= 0.6 is 0 Å². The number of hydrogen-bond acceptors (Lipinski definition) is 5. The molecule has 0 bridgehead atoms. The lowest BCUT2D eigenvalue weighted by Gasteiger charge is -2.31. The molecule has 1 saturated heterocycles. The largest absolute Gasteiger partial charge is 0.370 e. The fourth-order valence-electron chi connectivity index (χ4n) is 2.96. The smallest absolute Gasteiger partial charge is 0.144 e. The number of hydrogen-bond donors (Lipinski definition) is 1. The first-order valence-corrected chi connectivity index (χ1v) is 8.02. The minimum atomic E-state index is 0.809. The third kappa shape index (κ3) is 5.25. The second-order valence-electron chi connectivity index (χ2n) is 6.28. The molecular formula is C16H29N5. The van der Waals surface area contributed by atoms with E-state index < -0.39 is 0 Å². The van der Waals surface area contributed by atoms with Gasteiger partial charge in [0.1, 0.15) is 11.6 Å². The van der Waals surface area contributed by atoms with Crippen LogP contribution in [0.2, 0.25) is 0 Å². The summed E-state index contributed by atoms with van der Waals surface area (Å²) in [5, 5.41) is 3.27. The van der Waals surface area contributed by atoms with Gasteiger partial charge >= 0.3 is 0 Å². The molecule has 0 aromatic carbocycles. The number of piperidine rings is 1. The minimum absolute atomic E-state index is 0.809. The molecule has 2 heterocycles. The highest BCUT2D eigenvalue weighted by molar-refractivity contribution is 5.35. The molecule has 5 heteroatoms. The Morgan fingerprint density at radius 2 is 2.05 bits per heavy atom. The van der Waals surface area contributed by atoms with Gasteiger partial charge in [-0.2, -0.15) is 0 Å². The van der Waals surface area contributed by atoms with Gasteiger partial charge in [0, 0.05) is 24.8 Å². The number of likely N-dealkylation sites (tertiary alicyclic amines) is 1. The van der Waals surface area contributed by atoms with Crippen LogP contribution in [0.15, 0.2) is 6.07 Å². The van der Waals surface area contributed by atoms with Crippen molar-refractivity contribution in [3.63, 3.8) is 0 Å². The fourth-order valence-corrected chi connectivity index (χ4v) is 2.96. The average molecular weight is 291 g/mol. The molecule has 0 saturated carbocycles. The van der Waals surface area contributed by atoms with Crippen LogP contribution in [0.5, 0.6) is 0 Å². The van der Waals surface area contributed by atoms with Crippen LogP contribution in [-0.2, 0) is 6.54 Å². The predicted molar refractivity (Wildman–Crippen MR) is 87.5 cm³/mol. The molecule has 0 spiro atoms. The molecule has 0 radical (unpaired) electrons. The van der Waals surface area contributed by atoms with Crippen LogP contribution in [0.4, 0.5) is 5.82 Å². The SMILES string of the molecule is CCNc1cc(C)nc(CN(C)CC2CCN(C)CC2)n1. The van der Waals surface area contributed by atoms with Gasteiger partial charge in [-0.3, -0.25) is 4.90 Å². The predicted octanol–water partition coefficient (Wildman–Crippen LogP) is 1.99. The standard InChI is InChI=1S/C16H29N5/c1-5-17-15-10-13(2)18-16(19-15)12-21(4)11-14-6-8-20(3)9-7-14/h10,14H,5-9,11-12H2,1-4H3,(H,17,18,19). The van der Waals surface area contributed by atoms with Gasteiger partial charge < -0.3 is 10.2 Å². The van der Waals surface area contributed by atoms with Gasteiger partial charge in [-0.05, 0) is 59.8 Å². The van der Waals surface area contributed by atoms with E-state index in [9.17, 15) is 0 Å². The maximum Gasteiger partial charge on any atom is 0.144 e. The minimum Gasteiger partial charge on any atom is -0.370 e. The maximum atomic E-state index is 4.60. The first-order valence-electron chi connectivity index (χ1n) is 8.02. The van der Waals surface area contributed by atoms with Crippen LogP contribution in [0.25, 0.3) is 0 Å². The van der Waals surface area contributed by atoms with E-state index in [0.29, 0.717) is 0 Å². The van der Waals surface area contributed by atoms with Crippen LogP contribution in [-0.4, -0.2) is 60.0 Å². The van der Waals surface area contributed by atoms with Gasteiger partial charge in [0.2, 0.25) is 0 Å². The first-order chi connectivity index (χ1) is 10.1. The van der Waals surface area contributed by atoms with E-state index in [-0.39, 0.29) is 0 Å². The summed E-state index contributed by atoms with van der Waals surface area (Å²) in [5.41, 5.74) is 1.03. The molecule has 5 nitrogen and oxygen atoms in total. The summed E-state index contributed by atoms with van der Waals surface area (Å²) in [6.07, 6.45) is 2.61. The molecule has 118 valence electrons. The lowest BCUT2D eigenvalue weighted by Crippen LogP contribution is -2.35. The van der Waals surface area contributed by atoms with E-state index in [1.165, 1.54) is 25.9 Å². The Hall–Kier alpha value is -1.20. The Balaban J connectivity index is 1.88.